The largest absolute Gasteiger partial charge is 0.309 e. The summed E-state index contributed by atoms with van der Waals surface area (Å²) < 4.78 is 2.17. The molecule has 3 heteroatoms. The van der Waals surface area contributed by atoms with Gasteiger partial charge in [0.15, 0.2) is 0 Å². The summed E-state index contributed by atoms with van der Waals surface area (Å²) in [5.41, 5.74) is 5.18. The maximum Gasteiger partial charge on any atom is 0.0577 e. The highest BCUT2D eigenvalue weighted by molar-refractivity contribution is 9.11. The molecule has 0 aliphatic carbocycles. The zero-order chi connectivity index (χ0) is 14.0. The number of nitrogens with one attached hydrogen (secondary N) is 1. The van der Waals surface area contributed by atoms with E-state index in [1.165, 1.54) is 22.3 Å². The Hall–Kier alpha value is -0.640. The van der Waals surface area contributed by atoms with Gasteiger partial charge in [0.05, 0.1) is 6.04 Å². The molecule has 1 atom stereocenters. The van der Waals surface area contributed by atoms with Crippen LogP contribution in [0.15, 0.2) is 45.3 Å². The Balaban J connectivity index is 2.49. The molecule has 0 spiro atoms. The fraction of sp³-hybridized carbons (Fsp3) is 0.250. The molecule has 1 nitrogen and oxygen atoms in total. The monoisotopic (exact) mass is 381 g/mol. The van der Waals surface area contributed by atoms with Gasteiger partial charge in [-0.1, -0.05) is 55.6 Å². The molecule has 0 saturated carbocycles. The van der Waals surface area contributed by atoms with Gasteiger partial charge in [-0.2, -0.15) is 0 Å². The third kappa shape index (κ3) is 3.47. The van der Waals surface area contributed by atoms with E-state index in [-0.39, 0.29) is 6.04 Å². The van der Waals surface area contributed by atoms with Crippen molar-refractivity contribution in [2.75, 3.05) is 7.05 Å². The highest BCUT2D eigenvalue weighted by Crippen LogP contribution is 2.29. The van der Waals surface area contributed by atoms with Crippen LogP contribution in [0, 0.1) is 13.8 Å². The van der Waals surface area contributed by atoms with Crippen molar-refractivity contribution in [2.45, 2.75) is 19.9 Å². The van der Waals surface area contributed by atoms with Crippen molar-refractivity contribution in [3.05, 3.63) is 67.6 Å². The van der Waals surface area contributed by atoms with Gasteiger partial charge in [-0.05, 0) is 55.8 Å². The summed E-state index contributed by atoms with van der Waals surface area (Å²) in [5, 5.41) is 3.41. The molecule has 0 bridgehead atoms. The molecule has 0 aliphatic rings. The van der Waals surface area contributed by atoms with Crippen molar-refractivity contribution in [3.8, 4) is 0 Å². The fourth-order valence-corrected chi connectivity index (χ4v) is 3.72. The van der Waals surface area contributed by atoms with Crippen molar-refractivity contribution in [3.63, 3.8) is 0 Å². The first-order valence-electron chi connectivity index (χ1n) is 6.21. The summed E-state index contributed by atoms with van der Waals surface area (Å²) >= 11 is 7.11. The van der Waals surface area contributed by atoms with E-state index in [2.05, 4.69) is 87.4 Å². The smallest absolute Gasteiger partial charge is 0.0577 e. The van der Waals surface area contributed by atoms with Gasteiger partial charge in [0.25, 0.3) is 0 Å². The Kier molecular flexibility index (Phi) is 4.82. The maximum absolute atomic E-state index is 3.56. The second-order valence-corrected chi connectivity index (χ2v) is 6.62. The molecule has 0 radical (unpaired) electrons. The van der Waals surface area contributed by atoms with Gasteiger partial charge in [-0.25, -0.2) is 0 Å². The Morgan fingerprint density at radius 1 is 0.947 bits per heavy atom. The molecule has 0 saturated heterocycles. The predicted molar refractivity (Wildman–Crippen MR) is 88.7 cm³/mol. The van der Waals surface area contributed by atoms with Crippen LogP contribution < -0.4 is 5.32 Å². The Morgan fingerprint density at radius 2 is 1.58 bits per heavy atom. The molecule has 100 valence electrons. The van der Waals surface area contributed by atoms with Gasteiger partial charge in [0.1, 0.15) is 0 Å². The van der Waals surface area contributed by atoms with E-state index in [9.17, 15) is 0 Å². The molecular formula is C16H17Br2N. The van der Waals surface area contributed by atoms with E-state index < -0.39 is 0 Å². The molecule has 1 unspecified atom stereocenters. The summed E-state index contributed by atoms with van der Waals surface area (Å²) in [7, 11) is 2.00. The van der Waals surface area contributed by atoms with Crippen LogP contribution in [0.2, 0.25) is 0 Å². The SMILES string of the molecule is CNC(c1cc(Br)cc(Br)c1)c1ccc(C)cc1C. The van der Waals surface area contributed by atoms with Crippen LogP contribution in [0.25, 0.3) is 0 Å². The van der Waals surface area contributed by atoms with Gasteiger partial charge in [0.2, 0.25) is 0 Å². The van der Waals surface area contributed by atoms with Crippen LogP contribution in [-0.4, -0.2) is 7.05 Å². The van der Waals surface area contributed by atoms with E-state index in [4.69, 9.17) is 0 Å². The normalized spacial score (nSPS) is 12.5. The first kappa shape index (κ1) is 14.8. The van der Waals surface area contributed by atoms with Crippen molar-refractivity contribution < 1.29 is 0 Å². The summed E-state index contributed by atoms with van der Waals surface area (Å²) in [6, 6.07) is 13.2. The van der Waals surface area contributed by atoms with E-state index in [0.29, 0.717) is 0 Å². The molecule has 0 aliphatic heterocycles. The van der Waals surface area contributed by atoms with Crippen molar-refractivity contribution >= 4 is 31.9 Å². The lowest BCUT2D eigenvalue weighted by Crippen LogP contribution is -2.18. The summed E-state index contributed by atoms with van der Waals surface area (Å²) in [6.07, 6.45) is 0. The molecule has 2 rings (SSSR count). The lowest BCUT2D eigenvalue weighted by molar-refractivity contribution is 0.686. The van der Waals surface area contributed by atoms with Crippen molar-refractivity contribution in [1.29, 1.82) is 0 Å². The van der Waals surface area contributed by atoms with Crippen LogP contribution in [-0.2, 0) is 0 Å². The third-order valence-corrected chi connectivity index (χ3v) is 4.16. The number of rotatable bonds is 3. The number of halogens is 2. The van der Waals surface area contributed by atoms with Gasteiger partial charge in [-0.15, -0.1) is 0 Å². The minimum atomic E-state index is 0.203. The van der Waals surface area contributed by atoms with Gasteiger partial charge >= 0.3 is 0 Å². The average Bonchev–Trinajstić information content (AvgIpc) is 2.31. The van der Waals surface area contributed by atoms with E-state index in [1.54, 1.807) is 0 Å². The lowest BCUT2D eigenvalue weighted by atomic mass is 9.94. The average molecular weight is 383 g/mol. The van der Waals surface area contributed by atoms with Crippen LogP contribution in [0.5, 0.6) is 0 Å². The second-order valence-electron chi connectivity index (χ2n) is 4.78. The summed E-state index contributed by atoms with van der Waals surface area (Å²) in [4.78, 5) is 0. The Labute approximate surface area is 131 Å². The zero-order valence-corrected chi connectivity index (χ0v) is 14.5. The molecular weight excluding hydrogens is 366 g/mol. The van der Waals surface area contributed by atoms with Crippen molar-refractivity contribution in [2.24, 2.45) is 0 Å². The topological polar surface area (TPSA) is 12.0 Å². The number of hydrogen-bond donors (Lipinski definition) is 1. The molecule has 2 aromatic carbocycles. The molecule has 0 fully saturated rings. The number of hydrogen-bond acceptors (Lipinski definition) is 1. The first-order chi connectivity index (χ1) is 9.01. The van der Waals surface area contributed by atoms with Crippen LogP contribution >= 0.6 is 31.9 Å². The predicted octanol–water partition coefficient (Wildman–Crippen LogP) is 5.14. The third-order valence-electron chi connectivity index (χ3n) is 3.24. The van der Waals surface area contributed by atoms with Gasteiger partial charge < -0.3 is 5.32 Å². The molecule has 0 amide bonds. The summed E-state index contributed by atoms with van der Waals surface area (Å²) in [6.45, 7) is 4.29. The van der Waals surface area contributed by atoms with Gasteiger partial charge in [0, 0.05) is 8.95 Å². The zero-order valence-electron chi connectivity index (χ0n) is 11.3. The van der Waals surface area contributed by atoms with Crippen LogP contribution in [0.3, 0.4) is 0 Å². The number of aryl methyl sites for hydroxylation is 2. The van der Waals surface area contributed by atoms with Crippen LogP contribution in [0.4, 0.5) is 0 Å². The maximum atomic E-state index is 3.56. The Morgan fingerprint density at radius 3 is 2.11 bits per heavy atom. The van der Waals surface area contributed by atoms with Crippen LogP contribution in [0.1, 0.15) is 28.3 Å². The quantitative estimate of drug-likeness (QED) is 0.775. The highest BCUT2D eigenvalue weighted by Gasteiger charge is 2.15. The van der Waals surface area contributed by atoms with Crippen molar-refractivity contribution in [1.82, 2.24) is 5.32 Å². The van der Waals surface area contributed by atoms with E-state index in [1.807, 2.05) is 7.05 Å². The fourth-order valence-electron chi connectivity index (χ4n) is 2.39. The molecule has 0 heterocycles. The van der Waals surface area contributed by atoms with Gasteiger partial charge in [-0.3, -0.25) is 0 Å². The number of benzene rings is 2. The molecule has 1 N–H and O–H groups in total. The highest BCUT2D eigenvalue weighted by atomic mass is 79.9. The Bertz CT molecular complexity index is 573. The molecule has 0 aromatic heterocycles. The molecule has 2 aromatic rings. The molecule has 19 heavy (non-hydrogen) atoms. The first-order valence-corrected chi connectivity index (χ1v) is 7.80. The van der Waals surface area contributed by atoms with E-state index in [0.717, 1.165) is 8.95 Å². The minimum Gasteiger partial charge on any atom is -0.309 e. The minimum absolute atomic E-state index is 0.203. The van der Waals surface area contributed by atoms with E-state index >= 15 is 0 Å². The standard InChI is InChI=1S/C16H17Br2N/c1-10-4-5-15(11(2)6-10)16(19-3)12-7-13(17)9-14(18)8-12/h4-9,16,19H,1-3H3. The summed E-state index contributed by atoms with van der Waals surface area (Å²) in [5.74, 6) is 0. The second kappa shape index (κ2) is 6.21. The lowest BCUT2D eigenvalue weighted by Gasteiger charge is -2.20.